The second-order valence-corrected chi connectivity index (χ2v) is 8.41. The molecule has 1 aromatic carbocycles. The zero-order chi connectivity index (χ0) is 21.7. The van der Waals surface area contributed by atoms with Crippen LogP contribution in [0.25, 0.3) is 0 Å². The monoisotopic (exact) mass is 426 g/mol. The van der Waals surface area contributed by atoms with Crippen LogP contribution in [0.1, 0.15) is 17.5 Å². The predicted octanol–water partition coefficient (Wildman–Crippen LogP) is 1.69. The van der Waals surface area contributed by atoms with E-state index in [4.69, 9.17) is 0 Å². The fourth-order valence-electron chi connectivity index (χ4n) is 4.08. The molecule has 2 saturated heterocycles. The molecule has 0 radical (unpaired) electrons. The van der Waals surface area contributed by atoms with Gasteiger partial charge in [-0.15, -0.1) is 0 Å². The summed E-state index contributed by atoms with van der Waals surface area (Å²) in [6.07, 6.45) is -3.31. The molecular formula is C21H33F3N6. The molecule has 0 amide bonds. The summed E-state index contributed by atoms with van der Waals surface area (Å²) in [7, 11) is 6.09. The van der Waals surface area contributed by atoms with Gasteiger partial charge in [-0.25, -0.2) is 0 Å². The van der Waals surface area contributed by atoms with Gasteiger partial charge in [-0.05, 0) is 38.2 Å². The van der Waals surface area contributed by atoms with Gasteiger partial charge >= 0.3 is 6.18 Å². The number of nitrogens with zero attached hydrogens (tertiary/aromatic N) is 4. The molecule has 9 heteroatoms. The number of likely N-dealkylation sites (N-methyl/N-ethyl adjacent to an activating group) is 2. The van der Waals surface area contributed by atoms with E-state index in [1.54, 1.807) is 19.2 Å². The molecule has 2 atom stereocenters. The van der Waals surface area contributed by atoms with Crippen LogP contribution >= 0.6 is 0 Å². The number of aliphatic imine (C=N–C) groups is 1. The molecule has 30 heavy (non-hydrogen) atoms. The first-order valence-electron chi connectivity index (χ1n) is 10.5. The van der Waals surface area contributed by atoms with Crippen LogP contribution in [0, 0.1) is 0 Å². The van der Waals surface area contributed by atoms with Gasteiger partial charge in [0.25, 0.3) is 0 Å². The number of benzene rings is 1. The molecule has 168 valence electrons. The van der Waals surface area contributed by atoms with E-state index < -0.39 is 11.7 Å². The lowest BCUT2D eigenvalue weighted by Crippen LogP contribution is -2.56. The topological polar surface area (TPSA) is 46.1 Å². The molecule has 2 aliphatic rings. The van der Waals surface area contributed by atoms with Gasteiger partial charge in [0.15, 0.2) is 5.96 Å². The maximum Gasteiger partial charge on any atom is 0.416 e. The van der Waals surface area contributed by atoms with Crippen LogP contribution in [0.5, 0.6) is 0 Å². The zero-order valence-corrected chi connectivity index (χ0v) is 18.0. The molecule has 0 saturated carbocycles. The number of hydrogen-bond acceptors (Lipinski definition) is 4. The van der Waals surface area contributed by atoms with Gasteiger partial charge in [0.05, 0.1) is 5.56 Å². The van der Waals surface area contributed by atoms with Crippen LogP contribution < -0.4 is 10.6 Å². The van der Waals surface area contributed by atoms with Crippen molar-refractivity contribution in [3.8, 4) is 0 Å². The predicted molar refractivity (Wildman–Crippen MR) is 114 cm³/mol. The molecule has 2 fully saturated rings. The molecule has 0 bridgehead atoms. The molecule has 2 heterocycles. The Bertz CT molecular complexity index is 706. The van der Waals surface area contributed by atoms with Crippen molar-refractivity contribution < 1.29 is 13.2 Å². The molecule has 6 nitrogen and oxygen atoms in total. The van der Waals surface area contributed by atoms with Gasteiger partial charge in [-0.1, -0.05) is 12.1 Å². The van der Waals surface area contributed by atoms with E-state index in [1.807, 2.05) is 0 Å². The Labute approximate surface area is 177 Å². The van der Waals surface area contributed by atoms with Gasteiger partial charge in [-0.2, -0.15) is 13.2 Å². The van der Waals surface area contributed by atoms with Crippen molar-refractivity contribution in [3.63, 3.8) is 0 Å². The second-order valence-electron chi connectivity index (χ2n) is 8.41. The lowest BCUT2D eigenvalue weighted by molar-refractivity contribution is -0.137. The number of halogens is 3. The Hall–Kier alpha value is -1.84. The van der Waals surface area contributed by atoms with Crippen molar-refractivity contribution >= 4 is 5.96 Å². The summed E-state index contributed by atoms with van der Waals surface area (Å²) in [5.74, 6) is 0.804. The second kappa shape index (κ2) is 9.98. The molecule has 0 aromatic heterocycles. The number of guanidine groups is 1. The maximum atomic E-state index is 12.7. The van der Waals surface area contributed by atoms with Crippen LogP contribution in [-0.4, -0.2) is 93.2 Å². The Morgan fingerprint density at radius 3 is 2.50 bits per heavy atom. The minimum absolute atomic E-state index is 0.275. The van der Waals surface area contributed by atoms with Crippen molar-refractivity contribution in [1.29, 1.82) is 0 Å². The molecule has 1 aromatic rings. The van der Waals surface area contributed by atoms with Gasteiger partial charge in [-0.3, -0.25) is 14.8 Å². The van der Waals surface area contributed by atoms with Crippen LogP contribution in [0.3, 0.4) is 0 Å². The highest BCUT2D eigenvalue weighted by Crippen LogP contribution is 2.29. The molecule has 0 aliphatic carbocycles. The Kier molecular flexibility index (Phi) is 7.60. The largest absolute Gasteiger partial charge is 0.416 e. The Morgan fingerprint density at radius 1 is 1.10 bits per heavy atom. The number of rotatable bonds is 5. The summed E-state index contributed by atoms with van der Waals surface area (Å²) in [6, 6.07) is 6.18. The highest BCUT2D eigenvalue weighted by atomic mass is 19.4. The summed E-state index contributed by atoms with van der Waals surface area (Å²) >= 11 is 0. The van der Waals surface area contributed by atoms with Gasteiger partial charge < -0.3 is 15.5 Å². The summed E-state index contributed by atoms with van der Waals surface area (Å²) in [4.78, 5) is 11.3. The van der Waals surface area contributed by atoms with Crippen LogP contribution in [0.2, 0.25) is 0 Å². The minimum Gasteiger partial charge on any atom is -0.355 e. The zero-order valence-electron chi connectivity index (χ0n) is 18.0. The average Bonchev–Trinajstić information content (AvgIpc) is 3.14. The van der Waals surface area contributed by atoms with Crippen molar-refractivity contribution in [2.75, 3.05) is 60.4 Å². The summed E-state index contributed by atoms with van der Waals surface area (Å²) < 4.78 is 38.1. The SMILES string of the molecule is CN=C(NCC1CN(C)CCN1C)NC1CCN(Cc2ccc(C(F)(F)F)cc2)C1. The highest BCUT2D eigenvalue weighted by Gasteiger charge is 2.30. The normalized spacial score (nSPS) is 24.9. The van der Waals surface area contributed by atoms with Gasteiger partial charge in [0.2, 0.25) is 0 Å². The number of alkyl halides is 3. The van der Waals surface area contributed by atoms with Crippen molar-refractivity contribution in [2.24, 2.45) is 4.99 Å². The van der Waals surface area contributed by atoms with E-state index in [0.29, 0.717) is 12.6 Å². The first-order chi connectivity index (χ1) is 14.2. The molecular weight excluding hydrogens is 393 g/mol. The van der Waals surface area contributed by atoms with E-state index >= 15 is 0 Å². The van der Waals surface area contributed by atoms with E-state index in [-0.39, 0.29) is 6.04 Å². The van der Waals surface area contributed by atoms with Crippen molar-refractivity contribution in [2.45, 2.75) is 31.2 Å². The van der Waals surface area contributed by atoms with Crippen LogP contribution in [0.4, 0.5) is 13.2 Å². The van der Waals surface area contributed by atoms with E-state index in [0.717, 1.165) is 69.3 Å². The molecule has 2 unspecified atom stereocenters. The van der Waals surface area contributed by atoms with Crippen LogP contribution in [-0.2, 0) is 12.7 Å². The lowest BCUT2D eigenvalue weighted by atomic mass is 10.1. The standard InChI is InChI=1S/C21H33F3N6/c1-25-20(26-12-19-15-28(2)10-11-29(19)3)27-18-8-9-30(14-18)13-16-4-6-17(7-5-16)21(22,23)24/h4-7,18-19H,8-15H2,1-3H3,(H2,25,26,27). The Morgan fingerprint density at radius 2 is 1.83 bits per heavy atom. The average molecular weight is 427 g/mol. The van der Waals surface area contributed by atoms with Crippen molar-refractivity contribution in [1.82, 2.24) is 25.3 Å². The quantitative estimate of drug-likeness (QED) is 0.554. The first-order valence-corrected chi connectivity index (χ1v) is 10.5. The summed E-state index contributed by atoms with van der Waals surface area (Å²) in [5.41, 5.74) is 0.299. The fraction of sp³-hybridized carbons (Fsp3) is 0.667. The third-order valence-corrected chi connectivity index (χ3v) is 6.01. The first kappa shape index (κ1) is 22.8. The lowest BCUT2D eigenvalue weighted by Gasteiger charge is -2.38. The highest BCUT2D eigenvalue weighted by molar-refractivity contribution is 5.80. The Balaban J connectivity index is 1.44. The third-order valence-electron chi connectivity index (χ3n) is 6.01. The van der Waals surface area contributed by atoms with Crippen molar-refractivity contribution in [3.05, 3.63) is 35.4 Å². The molecule has 2 N–H and O–H groups in total. The number of hydrogen-bond donors (Lipinski definition) is 2. The summed E-state index contributed by atoms with van der Waals surface area (Å²) in [5, 5.41) is 6.94. The number of likely N-dealkylation sites (tertiary alicyclic amines) is 1. The molecule has 0 spiro atoms. The summed E-state index contributed by atoms with van der Waals surface area (Å²) in [6.45, 7) is 6.43. The third kappa shape index (κ3) is 6.33. The minimum atomic E-state index is -4.29. The van der Waals surface area contributed by atoms with Gasteiger partial charge in [0, 0.05) is 64.9 Å². The van der Waals surface area contributed by atoms with E-state index in [1.165, 1.54) is 0 Å². The van der Waals surface area contributed by atoms with E-state index in [9.17, 15) is 13.2 Å². The number of piperazine rings is 1. The fourth-order valence-corrected chi connectivity index (χ4v) is 4.08. The maximum absolute atomic E-state index is 12.7. The molecule has 3 rings (SSSR count). The van der Waals surface area contributed by atoms with Crippen LogP contribution in [0.15, 0.2) is 29.3 Å². The smallest absolute Gasteiger partial charge is 0.355 e. The van der Waals surface area contributed by atoms with Gasteiger partial charge in [0.1, 0.15) is 0 Å². The van der Waals surface area contributed by atoms with E-state index in [2.05, 4.69) is 44.4 Å². The molecule has 2 aliphatic heterocycles. The number of nitrogens with one attached hydrogen (secondary N) is 2.